The molecule has 23 heavy (non-hydrogen) atoms. The van der Waals surface area contributed by atoms with Gasteiger partial charge in [-0.05, 0) is 41.9 Å². The van der Waals surface area contributed by atoms with Crippen molar-refractivity contribution in [1.82, 2.24) is 4.98 Å². The maximum Gasteiger partial charge on any atom is 0.156 e. The van der Waals surface area contributed by atoms with Gasteiger partial charge >= 0.3 is 0 Å². The molecule has 0 saturated heterocycles. The van der Waals surface area contributed by atoms with Crippen LogP contribution in [0.4, 0.5) is 10.1 Å². The monoisotopic (exact) mass is 312 g/mol. The van der Waals surface area contributed by atoms with Crippen molar-refractivity contribution in [3.8, 4) is 17.2 Å². The van der Waals surface area contributed by atoms with E-state index in [-0.39, 0.29) is 11.4 Å². The lowest BCUT2D eigenvalue weighted by Gasteiger charge is -2.11. The minimum Gasteiger partial charge on any atom is -0.496 e. The van der Waals surface area contributed by atoms with Crippen molar-refractivity contribution < 1.29 is 13.9 Å². The molecule has 0 radical (unpaired) electrons. The zero-order chi connectivity index (χ0) is 16.4. The van der Waals surface area contributed by atoms with Crippen LogP contribution in [0.5, 0.6) is 17.2 Å². The van der Waals surface area contributed by atoms with Crippen molar-refractivity contribution >= 4 is 16.6 Å². The second-order valence-corrected chi connectivity index (χ2v) is 4.95. The van der Waals surface area contributed by atoms with E-state index < -0.39 is 5.82 Å². The molecule has 0 amide bonds. The zero-order valence-electron chi connectivity index (χ0n) is 12.5. The molecule has 2 aromatic carbocycles. The molecule has 0 aliphatic heterocycles. The van der Waals surface area contributed by atoms with Gasteiger partial charge in [0, 0.05) is 23.7 Å². The summed E-state index contributed by atoms with van der Waals surface area (Å²) in [6, 6.07) is 9.29. The summed E-state index contributed by atoms with van der Waals surface area (Å²) in [5, 5.41) is 3.38. The molecular weight excluding hydrogens is 299 g/mol. The first-order valence-electron chi connectivity index (χ1n) is 6.86. The lowest BCUT2D eigenvalue weighted by molar-refractivity contribution is 0.412. The topological polar surface area (TPSA) is 60.8 Å². The van der Waals surface area contributed by atoms with Crippen LogP contribution in [-0.2, 0) is 0 Å². The second kappa shape index (κ2) is 6.00. The normalized spacial score (nSPS) is 10.6. The molecule has 3 rings (SSSR count). The number of ether oxygens (including phenoxy) is 2. The van der Waals surface area contributed by atoms with E-state index >= 15 is 0 Å². The van der Waals surface area contributed by atoms with E-state index in [1.165, 1.54) is 12.1 Å². The zero-order valence-corrected chi connectivity index (χ0v) is 12.5. The fourth-order valence-electron chi connectivity index (χ4n) is 2.32. The van der Waals surface area contributed by atoms with Gasteiger partial charge in [0.05, 0.1) is 12.6 Å². The molecule has 0 N–H and O–H groups in total. The van der Waals surface area contributed by atoms with Gasteiger partial charge < -0.3 is 9.47 Å². The Hall–Kier alpha value is -3.02. The summed E-state index contributed by atoms with van der Waals surface area (Å²) in [4.78, 5) is 14.7. The van der Waals surface area contributed by atoms with Crippen molar-refractivity contribution in [2.75, 3.05) is 7.11 Å². The van der Waals surface area contributed by atoms with Crippen LogP contribution in [0.1, 0.15) is 5.56 Å². The van der Waals surface area contributed by atoms with E-state index in [1.54, 1.807) is 19.4 Å². The molecule has 0 unspecified atom stereocenters. The average molecular weight is 312 g/mol. The van der Waals surface area contributed by atoms with E-state index in [2.05, 4.69) is 10.2 Å². The Morgan fingerprint density at radius 3 is 2.65 bits per heavy atom. The molecule has 0 atom stereocenters. The van der Waals surface area contributed by atoms with Crippen molar-refractivity contribution in [3.05, 3.63) is 58.9 Å². The first-order valence-corrected chi connectivity index (χ1v) is 6.86. The van der Waals surface area contributed by atoms with Gasteiger partial charge in [-0.2, -0.15) is 0 Å². The highest BCUT2D eigenvalue weighted by molar-refractivity contribution is 5.87. The SMILES string of the molecule is COc1cc2nccc(Oc3ccc(N=O)c(F)c3)c2cc1C. The minimum absolute atomic E-state index is 0.252. The third kappa shape index (κ3) is 2.83. The van der Waals surface area contributed by atoms with Crippen molar-refractivity contribution in [2.24, 2.45) is 5.18 Å². The highest BCUT2D eigenvalue weighted by Crippen LogP contribution is 2.33. The van der Waals surface area contributed by atoms with E-state index in [0.29, 0.717) is 11.3 Å². The number of fused-ring (bicyclic) bond motifs is 1. The van der Waals surface area contributed by atoms with Gasteiger partial charge in [0.25, 0.3) is 0 Å². The number of benzene rings is 2. The summed E-state index contributed by atoms with van der Waals surface area (Å²) in [7, 11) is 1.60. The smallest absolute Gasteiger partial charge is 0.156 e. The molecule has 0 fully saturated rings. The third-order valence-electron chi connectivity index (χ3n) is 3.46. The summed E-state index contributed by atoms with van der Waals surface area (Å²) in [5.41, 5.74) is 1.39. The number of methoxy groups -OCH3 is 1. The number of aryl methyl sites for hydroxylation is 1. The Kier molecular flexibility index (Phi) is 3.89. The summed E-state index contributed by atoms with van der Waals surface area (Å²) in [5.74, 6) is 0.811. The van der Waals surface area contributed by atoms with Crippen LogP contribution < -0.4 is 9.47 Å². The largest absolute Gasteiger partial charge is 0.496 e. The number of aromatic nitrogens is 1. The van der Waals surface area contributed by atoms with Crippen molar-refractivity contribution in [2.45, 2.75) is 6.92 Å². The Labute approximate surface area is 131 Å². The van der Waals surface area contributed by atoms with E-state index in [1.807, 2.05) is 19.1 Å². The van der Waals surface area contributed by atoms with Crippen molar-refractivity contribution in [1.29, 1.82) is 0 Å². The van der Waals surface area contributed by atoms with Gasteiger partial charge in [-0.15, -0.1) is 4.91 Å². The van der Waals surface area contributed by atoms with Crippen LogP contribution in [0, 0.1) is 17.6 Å². The summed E-state index contributed by atoms with van der Waals surface area (Å²) in [6.45, 7) is 1.92. The number of pyridine rings is 1. The number of hydrogen-bond acceptors (Lipinski definition) is 5. The first-order chi connectivity index (χ1) is 11.1. The van der Waals surface area contributed by atoms with Crippen LogP contribution >= 0.6 is 0 Å². The van der Waals surface area contributed by atoms with Gasteiger partial charge in [-0.3, -0.25) is 4.98 Å². The summed E-state index contributed by atoms with van der Waals surface area (Å²) in [6.07, 6.45) is 1.60. The first kappa shape index (κ1) is 14.9. The Balaban J connectivity index is 2.04. The molecular formula is C17H13FN2O3. The van der Waals surface area contributed by atoms with Gasteiger partial charge in [-0.1, -0.05) is 0 Å². The maximum absolute atomic E-state index is 13.6. The summed E-state index contributed by atoms with van der Waals surface area (Å²) >= 11 is 0. The van der Waals surface area contributed by atoms with E-state index in [4.69, 9.17) is 9.47 Å². The number of nitroso groups, excluding NO2 is 1. The molecule has 116 valence electrons. The third-order valence-corrected chi connectivity index (χ3v) is 3.46. The standard InChI is InChI=1S/C17H13FN2O3/c1-10-7-12-15(9-17(10)22-2)19-6-5-16(12)23-11-3-4-14(20-21)13(18)8-11/h3-9H,1-2H3. The maximum atomic E-state index is 13.6. The van der Waals surface area contributed by atoms with Crippen LogP contribution in [0.3, 0.4) is 0 Å². The molecule has 1 heterocycles. The van der Waals surface area contributed by atoms with Crippen molar-refractivity contribution in [3.63, 3.8) is 0 Å². The second-order valence-electron chi connectivity index (χ2n) is 4.95. The van der Waals surface area contributed by atoms with Gasteiger partial charge in [0.1, 0.15) is 22.9 Å². The average Bonchev–Trinajstić information content (AvgIpc) is 2.55. The highest BCUT2D eigenvalue weighted by Gasteiger charge is 2.10. The predicted octanol–water partition coefficient (Wildman–Crippen LogP) is 4.88. The van der Waals surface area contributed by atoms with Gasteiger partial charge in [0.2, 0.25) is 0 Å². The molecule has 1 aromatic heterocycles. The molecule has 6 heteroatoms. The molecule has 0 saturated carbocycles. The van der Waals surface area contributed by atoms with Crippen LogP contribution in [0.15, 0.2) is 47.8 Å². The number of rotatable bonds is 4. The number of hydrogen-bond donors (Lipinski definition) is 0. The molecule has 5 nitrogen and oxygen atoms in total. The predicted molar refractivity (Wildman–Crippen MR) is 85.0 cm³/mol. The molecule has 0 spiro atoms. The van der Waals surface area contributed by atoms with E-state index in [0.717, 1.165) is 22.8 Å². The fourth-order valence-corrected chi connectivity index (χ4v) is 2.32. The highest BCUT2D eigenvalue weighted by atomic mass is 19.1. The molecule has 0 bridgehead atoms. The Morgan fingerprint density at radius 2 is 1.96 bits per heavy atom. The number of halogens is 1. The lowest BCUT2D eigenvalue weighted by Crippen LogP contribution is -1.92. The Morgan fingerprint density at radius 1 is 1.13 bits per heavy atom. The molecule has 3 aromatic rings. The van der Waals surface area contributed by atoms with Gasteiger partial charge in [-0.25, -0.2) is 4.39 Å². The molecule has 0 aliphatic carbocycles. The van der Waals surface area contributed by atoms with Gasteiger partial charge in [0.15, 0.2) is 5.82 Å². The van der Waals surface area contributed by atoms with Crippen LogP contribution in [-0.4, -0.2) is 12.1 Å². The molecule has 0 aliphatic rings. The lowest BCUT2D eigenvalue weighted by atomic mass is 10.1. The van der Waals surface area contributed by atoms with Crippen LogP contribution in [0.25, 0.3) is 10.9 Å². The summed E-state index contributed by atoms with van der Waals surface area (Å²) < 4.78 is 24.6. The minimum atomic E-state index is -0.728. The number of nitrogens with zero attached hydrogens (tertiary/aromatic N) is 2. The van der Waals surface area contributed by atoms with Crippen LogP contribution in [0.2, 0.25) is 0 Å². The Bertz CT molecular complexity index is 896. The fraction of sp³-hybridized carbons (Fsp3) is 0.118. The van der Waals surface area contributed by atoms with E-state index in [9.17, 15) is 9.30 Å². The quantitative estimate of drug-likeness (QED) is 0.644.